The van der Waals surface area contributed by atoms with Gasteiger partial charge in [0.05, 0.1) is 0 Å². The van der Waals surface area contributed by atoms with Gasteiger partial charge < -0.3 is 4.90 Å². The second kappa shape index (κ2) is 7.06. The summed E-state index contributed by atoms with van der Waals surface area (Å²) in [7, 11) is 0. The Morgan fingerprint density at radius 3 is 3.00 bits per heavy atom. The fraction of sp³-hybridized carbons (Fsp3) is 0.533. The number of hydrogen-bond donors (Lipinski definition) is 0. The maximum Gasteiger partial charge on any atom is 0.164 e. The first kappa shape index (κ1) is 14.5. The third kappa shape index (κ3) is 4.32. The Hall–Kier alpha value is -0.870. The number of hydrogen-bond acceptors (Lipinski definition) is 3. The van der Waals surface area contributed by atoms with E-state index in [2.05, 4.69) is 4.90 Å². The number of rotatable bonds is 4. The van der Waals surface area contributed by atoms with E-state index < -0.39 is 0 Å². The standard InChI is InChI=1S/C15H20FNOS/c1-12-3-4-13(11-14(12)16)15(18)5-7-17-6-2-9-19-10-8-17/h3-4,11H,2,5-10H2,1H3. The molecule has 2 nitrogen and oxygen atoms in total. The highest BCUT2D eigenvalue weighted by Crippen LogP contribution is 2.13. The molecule has 1 aliphatic rings. The third-order valence-electron chi connectivity index (χ3n) is 3.46. The van der Waals surface area contributed by atoms with E-state index in [1.54, 1.807) is 19.1 Å². The molecule has 1 saturated heterocycles. The zero-order valence-electron chi connectivity index (χ0n) is 11.3. The first-order chi connectivity index (χ1) is 9.16. The largest absolute Gasteiger partial charge is 0.302 e. The lowest BCUT2D eigenvalue weighted by Crippen LogP contribution is -2.28. The molecule has 4 heteroatoms. The zero-order valence-corrected chi connectivity index (χ0v) is 12.1. The SMILES string of the molecule is Cc1ccc(C(=O)CCN2CCCSCC2)cc1F. The maximum atomic E-state index is 13.4. The minimum Gasteiger partial charge on any atom is -0.302 e. The second-order valence-corrected chi connectivity index (χ2v) is 6.17. The number of aryl methyl sites for hydroxylation is 1. The van der Waals surface area contributed by atoms with Crippen LogP contribution in [0.1, 0.15) is 28.8 Å². The molecule has 104 valence electrons. The summed E-state index contributed by atoms with van der Waals surface area (Å²) in [6.07, 6.45) is 1.67. The first-order valence-corrected chi connectivity index (χ1v) is 7.92. The summed E-state index contributed by atoms with van der Waals surface area (Å²) in [5.74, 6) is 2.11. The summed E-state index contributed by atoms with van der Waals surface area (Å²) < 4.78 is 13.4. The normalized spacial score (nSPS) is 17.2. The van der Waals surface area contributed by atoms with Crippen LogP contribution in [-0.4, -0.2) is 41.8 Å². The molecule has 1 aromatic rings. The molecular weight excluding hydrogens is 261 g/mol. The maximum absolute atomic E-state index is 13.4. The number of nitrogens with zero attached hydrogens (tertiary/aromatic N) is 1. The van der Waals surface area contributed by atoms with Gasteiger partial charge in [-0.2, -0.15) is 11.8 Å². The summed E-state index contributed by atoms with van der Waals surface area (Å²) in [4.78, 5) is 14.4. The van der Waals surface area contributed by atoms with Crippen LogP contribution in [0.25, 0.3) is 0 Å². The van der Waals surface area contributed by atoms with Crippen molar-refractivity contribution < 1.29 is 9.18 Å². The van der Waals surface area contributed by atoms with E-state index in [-0.39, 0.29) is 11.6 Å². The van der Waals surface area contributed by atoms with Crippen LogP contribution in [0.5, 0.6) is 0 Å². The van der Waals surface area contributed by atoms with Crippen LogP contribution in [0.2, 0.25) is 0 Å². The van der Waals surface area contributed by atoms with Gasteiger partial charge in [0.2, 0.25) is 0 Å². The van der Waals surface area contributed by atoms with Gasteiger partial charge in [-0.1, -0.05) is 12.1 Å². The van der Waals surface area contributed by atoms with Gasteiger partial charge in [0.15, 0.2) is 5.78 Å². The van der Waals surface area contributed by atoms with Crippen molar-refractivity contribution in [3.05, 3.63) is 35.1 Å². The topological polar surface area (TPSA) is 20.3 Å². The highest BCUT2D eigenvalue weighted by atomic mass is 32.2. The van der Waals surface area contributed by atoms with Crippen LogP contribution in [0.4, 0.5) is 4.39 Å². The number of carbonyl (C=O) groups is 1. The molecule has 19 heavy (non-hydrogen) atoms. The van der Waals surface area contributed by atoms with Crippen LogP contribution in [0.15, 0.2) is 18.2 Å². The van der Waals surface area contributed by atoms with Gasteiger partial charge in [0, 0.05) is 30.8 Å². The van der Waals surface area contributed by atoms with E-state index in [0.717, 1.165) is 25.4 Å². The van der Waals surface area contributed by atoms with Crippen molar-refractivity contribution in [2.75, 3.05) is 31.1 Å². The van der Waals surface area contributed by atoms with Crippen molar-refractivity contribution in [2.45, 2.75) is 19.8 Å². The molecule has 0 atom stereocenters. The van der Waals surface area contributed by atoms with E-state index in [1.807, 2.05) is 11.8 Å². The van der Waals surface area contributed by atoms with E-state index in [9.17, 15) is 9.18 Å². The molecule has 1 fully saturated rings. The third-order valence-corrected chi connectivity index (χ3v) is 4.51. The molecule has 1 aliphatic heterocycles. The van der Waals surface area contributed by atoms with Crippen LogP contribution in [-0.2, 0) is 0 Å². The van der Waals surface area contributed by atoms with Gasteiger partial charge in [0.25, 0.3) is 0 Å². The predicted molar refractivity (Wildman–Crippen MR) is 78.5 cm³/mol. The lowest BCUT2D eigenvalue weighted by atomic mass is 10.1. The first-order valence-electron chi connectivity index (χ1n) is 6.76. The molecule has 0 radical (unpaired) electrons. The van der Waals surface area contributed by atoms with E-state index in [4.69, 9.17) is 0 Å². The Kier molecular flexibility index (Phi) is 5.40. The van der Waals surface area contributed by atoms with Gasteiger partial charge >= 0.3 is 0 Å². The van der Waals surface area contributed by atoms with Crippen LogP contribution in [0.3, 0.4) is 0 Å². The minimum atomic E-state index is -0.294. The molecule has 0 N–H and O–H groups in total. The Labute approximate surface area is 118 Å². The average molecular weight is 281 g/mol. The molecular formula is C15H20FNOS. The summed E-state index contributed by atoms with van der Waals surface area (Å²) in [5.41, 5.74) is 1.08. The van der Waals surface area contributed by atoms with Crippen molar-refractivity contribution in [3.63, 3.8) is 0 Å². The van der Waals surface area contributed by atoms with E-state index in [1.165, 1.54) is 18.2 Å². The quantitative estimate of drug-likeness (QED) is 0.791. The molecule has 1 aromatic carbocycles. The van der Waals surface area contributed by atoms with E-state index >= 15 is 0 Å². The molecule has 0 aromatic heterocycles. The summed E-state index contributed by atoms with van der Waals surface area (Å²) in [5, 5.41) is 0. The Morgan fingerprint density at radius 1 is 1.37 bits per heavy atom. The summed E-state index contributed by atoms with van der Waals surface area (Å²) >= 11 is 1.98. The number of benzene rings is 1. The average Bonchev–Trinajstić information content (AvgIpc) is 2.67. The fourth-order valence-electron chi connectivity index (χ4n) is 2.19. The molecule has 0 saturated carbocycles. The molecule has 2 rings (SSSR count). The fourth-order valence-corrected chi connectivity index (χ4v) is 3.12. The molecule has 0 aliphatic carbocycles. The zero-order chi connectivity index (χ0) is 13.7. The lowest BCUT2D eigenvalue weighted by molar-refractivity contribution is 0.0965. The van der Waals surface area contributed by atoms with Crippen molar-refractivity contribution in [1.82, 2.24) is 4.90 Å². The molecule has 0 spiro atoms. The van der Waals surface area contributed by atoms with Crippen molar-refractivity contribution in [1.29, 1.82) is 0 Å². The number of ketones is 1. The van der Waals surface area contributed by atoms with Crippen LogP contribution >= 0.6 is 11.8 Å². The minimum absolute atomic E-state index is 0.0378. The highest BCUT2D eigenvalue weighted by molar-refractivity contribution is 7.99. The number of halogens is 1. The van der Waals surface area contributed by atoms with Gasteiger partial charge in [-0.25, -0.2) is 4.39 Å². The van der Waals surface area contributed by atoms with Gasteiger partial charge in [-0.3, -0.25) is 4.79 Å². The Balaban J connectivity index is 1.87. The highest BCUT2D eigenvalue weighted by Gasteiger charge is 2.13. The Morgan fingerprint density at radius 2 is 2.21 bits per heavy atom. The molecule has 0 amide bonds. The van der Waals surface area contributed by atoms with Crippen molar-refractivity contribution in [3.8, 4) is 0 Å². The molecule has 0 unspecified atom stereocenters. The predicted octanol–water partition coefficient (Wildman–Crippen LogP) is 3.15. The van der Waals surface area contributed by atoms with Gasteiger partial charge in [-0.05, 0) is 37.3 Å². The van der Waals surface area contributed by atoms with Crippen LogP contribution in [0, 0.1) is 12.7 Å². The molecule has 0 bridgehead atoms. The summed E-state index contributed by atoms with van der Waals surface area (Å²) in [6.45, 7) is 4.62. The van der Waals surface area contributed by atoms with Gasteiger partial charge in [-0.15, -0.1) is 0 Å². The number of thioether (sulfide) groups is 1. The summed E-state index contributed by atoms with van der Waals surface area (Å²) in [6, 6.07) is 4.75. The van der Waals surface area contributed by atoms with Crippen LogP contribution < -0.4 is 0 Å². The van der Waals surface area contributed by atoms with Crippen molar-refractivity contribution in [2.24, 2.45) is 0 Å². The second-order valence-electron chi connectivity index (χ2n) is 4.94. The Bertz CT molecular complexity index is 442. The van der Waals surface area contributed by atoms with Crippen molar-refractivity contribution >= 4 is 17.5 Å². The number of carbonyl (C=O) groups excluding carboxylic acids is 1. The van der Waals surface area contributed by atoms with E-state index in [0.29, 0.717) is 17.5 Å². The van der Waals surface area contributed by atoms with Gasteiger partial charge in [0.1, 0.15) is 5.82 Å². The molecule has 1 heterocycles. The monoisotopic (exact) mass is 281 g/mol. The number of Topliss-reactive ketones (excluding diaryl/α,β-unsaturated/α-hetero) is 1. The lowest BCUT2D eigenvalue weighted by Gasteiger charge is -2.18. The smallest absolute Gasteiger partial charge is 0.164 e.